The molecule has 5 N–H and O–H groups in total. The molecule has 0 aliphatic rings. The fourth-order valence-corrected chi connectivity index (χ4v) is 1.50. The molecule has 6 heteroatoms. The average Bonchev–Trinajstić information content (AvgIpc) is 2.41. The molecule has 0 spiro atoms. The molecule has 0 bridgehead atoms. The number of anilines is 1. The van der Waals surface area contributed by atoms with E-state index < -0.39 is 5.91 Å². The number of carbonyl (C=O) groups excluding carboxylic acids is 1. The van der Waals surface area contributed by atoms with E-state index in [0.717, 1.165) is 5.56 Å². The number of aliphatic hydroxyl groups is 1. The number of primary amides is 1. The monoisotopic (exact) mass is 259 g/mol. The van der Waals surface area contributed by atoms with Crippen LogP contribution in [-0.4, -0.2) is 16.0 Å². The van der Waals surface area contributed by atoms with Crippen molar-refractivity contribution in [3.8, 4) is 11.6 Å². The van der Waals surface area contributed by atoms with Crippen molar-refractivity contribution in [3.63, 3.8) is 0 Å². The third kappa shape index (κ3) is 2.99. The summed E-state index contributed by atoms with van der Waals surface area (Å²) >= 11 is 0. The number of carbonyl (C=O) groups is 1. The van der Waals surface area contributed by atoms with E-state index in [-0.39, 0.29) is 18.1 Å². The van der Waals surface area contributed by atoms with Crippen molar-refractivity contribution in [1.82, 2.24) is 4.98 Å². The van der Waals surface area contributed by atoms with Crippen LogP contribution in [0.25, 0.3) is 0 Å². The van der Waals surface area contributed by atoms with Crippen LogP contribution >= 0.6 is 0 Å². The minimum Gasteiger partial charge on any atom is -0.438 e. The second kappa shape index (κ2) is 5.36. The van der Waals surface area contributed by atoms with E-state index >= 15 is 0 Å². The molecule has 0 aliphatic heterocycles. The van der Waals surface area contributed by atoms with Gasteiger partial charge in [-0.3, -0.25) is 4.79 Å². The van der Waals surface area contributed by atoms with Gasteiger partial charge in [0.2, 0.25) is 5.88 Å². The highest BCUT2D eigenvalue weighted by molar-refractivity contribution is 5.95. The summed E-state index contributed by atoms with van der Waals surface area (Å²) in [6, 6.07) is 8.14. The minimum atomic E-state index is -0.665. The molecule has 0 atom stereocenters. The Bertz CT molecular complexity index is 597. The average molecular weight is 259 g/mol. The summed E-state index contributed by atoms with van der Waals surface area (Å²) in [5.41, 5.74) is 12.0. The van der Waals surface area contributed by atoms with E-state index in [1.807, 2.05) is 0 Å². The number of pyridine rings is 1. The van der Waals surface area contributed by atoms with Gasteiger partial charge in [-0.2, -0.15) is 0 Å². The zero-order chi connectivity index (χ0) is 13.8. The maximum absolute atomic E-state index is 11.3. The summed E-state index contributed by atoms with van der Waals surface area (Å²) in [7, 11) is 0. The van der Waals surface area contributed by atoms with Gasteiger partial charge in [0, 0.05) is 0 Å². The maximum atomic E-state index is 11.3. The number of nitrogens with zero attached hydrogens (tertiary/aromatic N) is 1. The summed E-state index contributed by atoms with van der Waals surface area (Å²) in [5, 5.41) is 8.94. The Morgan fingerprint density at radius 1 is 1.32 bits per heavy atom. The highest BCUT2D eigenvalue weighted by Gasteiger charge is 2.12. The van der Waals surface area contributed by atoms with Crippen LogP contribution in [0.3, 0.4) is 0 Å². The molecule has 2 rings (SSSR count). The summed E-state index contributed by atoms with van der Waals surface area (Å²) in [6.45, 7) is -0.0487. The van der Waals surface area contributed by atoms with E-state index in [0.29, 0.717) is 11.4 Å². The van der Waals surface area contributed by atoms with Gasteiger partial charge in [0.25, 0.3) is 5.91 Å². The summed E-state index contributed by atoms with van der Waals surface area (Å²) in [5.74, 6) is -0.0859. The fourth-order valence-electron chi connectivity index (χ4n) is 1.50. The normalized spacial score (nSPS) is 10.2. The molecule has 6 nitrogen and oxygen atoms in total. The van der Waals surface area contributed by atoms with Crippen LogP contribution in [0.2, 0.25) is 0 Å². The van der Waals surface area contributed by atoms with Gasteiger partial charge in [-0.15, -0.1) is 0 Å². The number of ether oxygens (including phenoxy) is 1. The third-order valence-electron chi connectivity index (χ3n) is 2.46. The van der Waals surface area contributed by atoms with Crippen LogP contribution in [0.4, 0.5) is 5.69 Å². The Morgan fingerprint density at radius 2 is 2.00 bits per heavy atom. The molecule has 0 unspecified atom stereocenters. The number of aliphatic hydroxyl groups excluding tert-OH is 1. The second-order valence-electron chi connectivity index (χ2n) is 3.89. The number of hydrogen-bond acceptors (Lipinski definition) is 5. The lowest BCUT2D eigenvalue weighted by atomic mass is 10.2. The molecule has 98 valence electrons. The van der Waals surface area contributed by atoms with Crippen LogP contribution in [0, 0.1) is 0 Å². The Morgan fingerprint density at radius 3 is 2.58 bits per heavy atom. The molecule has 1 heterocycles. The lowest BCUT2D eigenvalue weighted by Gasteiger charge is -2.08. The number of benzene rings is 1. The quantitative estimate of drug-likeness (QED) is 0.759. The van der Waals surface area contributed by atoms with Gasteiger partial charge in [-0.05, 0) is 23.8 Å². The van der Waals surface area contributed by atoms with E-state index in [1.54, 1.807) is 24.3 Å². The van der Waals surface area contributed by atoms with Crippen molar-refractivity contribution in [2.45, 2.75) is 6.61 Å². The largest absolute Gasteiger partial charge is 0.438 e. The molecular formula is C13H13N3O3. The maximum Gasteiger partial charge on any atom is 0.254 e. The molecule has 1 aromatic carbocycles. The first-order chi connectivity index (χ1) is 9.10. The Kier molecular flexibility index (Phi) is 3.63. The zero-order valence-electron chi connectivity index (χ0n) is 10.0. The predicted molar refractivity (Wildman–Crippen MR) is 69.6 cm³/mol. The summed E-state index contributed by atoms with van der Waals surface area (Å²) in [6.07, 6.45) is 1.38. The molecule has 0 saturated carbocycles. The topological polar surface area (TPSA) is 111 Å². The number of nitrogens with two attached hydrogens (primary N) is 2. The van der Waals surface area contributed by atoms with E-state index in [4.69, 9.17) is 21.3 Å². The molecule has 0 radical (unpaired) electrons. The van der Waals surface area contributed by atoms with Crippen LogP contribution in [0.1, 0.15) is 15.9 Å². The number of nitrogen functional groups attached to an aromatic ring is 1. The third-order valence-corrected chi connectivity index (χ3v) is 2.46. The number of rotatable bonds is 4. The van der Waals surface area contributed by atoms with Crippen LogP contribution in [0.15, 0.2) is 36.5 Å². The zero-order valence-corrected chi connectivity index (χ0v) is 10.0. The molecule has 19 heavy (non-hydrogen) atoms. The van der Waals surface area contributed by atoms with Gasteiger partial charge in [-0.25, -0.2) is 4.98 Å². The predicted octanol–water partition coefficient (Wildman–Crippen LogP) is 1.05. The molecule has 1 aromatic heterocycles. The van der Waals surface area contributed by atoms with Gasteiger partial charge >= 0.3 is 0 Å². The number of amides is 1. The van der Waals surface area contributed by atoms with Gasteiger partial charge in [0.1, 0.15) is 11.3 Å². The van der Waals surface area contributed by atoms with Crippen molar-refractivity contribution in [1.29, 1.82) is 0 Å². The second-order valence-corrected chi connectivity index (χ2v) is 3.89. The number of hydrogen-bond donors (Lipinski definition) is 3. The molecule has 0 saturated heterocycles. The molecule has 1 amide bonds. The van der Waals surface area contributed by atoms with Gasteiger partial charge in [0.05, 0.1) is 18.5 Å². The SMILES string of the molecule is NC(=O)c1cc(N)cnc1Oc1ccc(CO)cc1. The lowest BCUT2D eigenvalue weighted by Crippen LogP contribution is -2.13. The van der Waals surface area contributed by atoms with E-state index in [1.165, 1.54) is 12.3 Å². The summed E-state index contributed by atoms with van der Waals surface area (Å²) < 4.78 is 5.48. The minimum absolute atomic E-state index is 0.0487. The van der Waals surface area contributed by atoms with Crippen LogP contribution < -0.4 is 16.2 Å². The lowest BCUT2D eigenvalue weighted by molar-refractivity contribution is 0.0997. The van der Waals surface area contributed by atoms with Crippen molar-refractivity contribution in [2.24, 2.45) is 5.73 Å². The summed E-state index contributed by atoms with van der Waals surface area (Å²) in [4.78, 5) is 15.2. The number of aromatic nitrogens is 1. The standard InChI is InChI=1S/C13H13N3O3/c14-9-5-11(12(15)18)13(16-6-9)19-10-3-1-8(7-17)2-4-10/h1-6,17H,7,14H2,(H2,15,18). The molecule has 0 aliphatic carbocycles. The van der Waals surface area contributed by atoms with E-state index in [2.05, 4.69) is 4.98 Å². The van der Waals surface area contributed by atoms with E-state index in [9.17, 15) is 4.79 Å². The Hall–Kier alpha value is -2.60. The van der Waals surface area contributed by atoms with Crippen molar-refractivity contribution >= 4 is 11.6 Å². The smallest absolute Gasteiger partial charge is 0.254 e. The fraction of sp³-hybridized carbons (Fsp3) is 0.0769. The van der Waals surface area contributed by atoms with Gasteiger partial charge in [0.15, 0.2) is 0 Å². The Balaban J connectivity index is 2.29. The first-order valence-electron chi connectivity index (χ1n) is 5.53. The van der Waals surface area contributed by atoms with Gasteiger partial charge < -0.3 is 21.3 Å². The van der Waals surface area contributed by atoms with Gasteiger partial charge in [-0.1, -0.05) is 12.1 Å². The van der Waals surface area contributed by atoms with Crippen molar-refractivity contribution < 1.29 is 14.6 Å². The molecular weight excluding hydrogens is 246 g/mol. The molecule has 0 fully saturated rings. The van der Waals surface area contributed by atoms with Crippen LogP contribution in [0.5, 0.6) is 11.6 Å². The Labute approximate surface area is 109 Å². The van der Waals surface area contributed by atoms with Crippen molar-refractivity contribution in [2.75, 3.05) is 5.73 Å². The highest BCUT2D eigenvalue weighted by atomic mass is 16.5. The first-order valence-corrected chi connectivity index (χ1v) is 5.53. The van der Waals surface area contributed by atoms with Crippen molar-refractivity contribution in [3.05, 3.63) is 47.7 Å². The molecule has 2 aromatic rings. The highest BCUT2D eigenvalue weighted by Crippen LogP contribution is 2.24. The first kappa shape index (κ1) is 12.8. The van der Waals surface area contributed by atoms with Crippen LogP contribution in [-0.2, 0) is 6.61 Å².